The molecule has 0 saturated heterocycles. The normalized spacial score (nSPS) is 15.3. The first-order chi connectivity index (χ1) is 10.3. The Hall–Kier alpha value is -1.36. The van der Waals surface area contributed by atoms with Crippen LogP contribution < -0.4 is 10.6 Å². The van der Waals surface area contributed by atoms with Crippen molar-refractivity contribution >= 4 is 11.6 Å². The van der Waals surface area contributed by atoms with Gasteiger partial charge in [-0.1, -0.05) is 19.8 Å². The van der Waals surface area contributed by atoms with Gasteiger partial charge in [-0.05, 0) is 32.1 Å². The van der Waals surface area contributed by atoms with Crippen LogP contribution in [0.2, 0.25) is 0 Å². The molecular weight excluding hydrogens is 264 g/mol. The molecule has 0 amide bonds. The summed E-state index contributed by atoms with van der Waals surface area (Å²) in [6, 6.07) is 2.00. The van der Waals surface area contributed by atoms with Crippen molar-refractivity contribution in [3.63, 3.8) is 0 Å². The molecule has 1 fully saturated rings. The number of aromatic nitrogens is 2. The summed E-state index contributed by atoms with van der Waals surface area (Å²) in [4.78, 5) is 9.05. The molecule has 0 spiro atoms. The summed E-state index contributed by atoms with van der Waals surface area (Å²) in [6.45, 7) is 7.22. The SMILES string of the molecule is CCCNc1cc(NCC2CCCC2)nc(COCC)n1. The number of ether oxygens (including phenoxy) is 1. The molecule has 1 saturated carbocycles. The fourth-order valence-corrected chi connectivity index (χ4v) is 2.65. The summed E-state index contributed by atoms with van der Waals surface area (Å²) in [5.41, 5.74) is 0. The van der Waals surface area contributed by atoms with E-state index in [0.29, 0.717) is 13.2 Å². The van der Waals surface area contributed by atoms with E-state index in [1.54, 1.807) is 0 Å². The number of anilines is 2. The van der Waals surface area contributed by atoms with E-state index in [-0.39, 0.29) is 0 Å². The van der Waals surface area contributed by atoms with E-state index in [1.807, 2.05) is 13.0 Å². The molecule has 5 heteroatoms. The first-order valence-electron chi connectivity index (χ1n) is 8.25. The summed E-state index contributed by atoms with van der Waals surface area (Å²) in [5.74, 6) is 3.33. The van der Waals surface area contributed by atoms with Crippen LogP contribution in [0.15, 0.2) is 6.07 Å². The van der Waals surface area contributed by atoms with Crippen LogP contribution in [0, 0.1) is 5.92 Å². The molecule has 0 atom stereocenters. The first kappa shape index (κ1) is 16.0. The molecule has 0 radical (unpaired) electrons. The van der Waals surface area contributed by atoms with Crippen LogP contribution in [0.3, 0.4) is 0 Å². The van der Waals surface area contributed by atoms with Crippen molar-refractivity contribution in [2.24, 2.45) is 5.92 Å². The van der Waals surface area contributed by atoms with E-state index in [0.717, 1.165) is 42.9 Å². The van der Waals surface area contributed by atoms with Crippen LogP contribution in [0.25, 0.3) is 0 Å². The molecule has 1 aromatic rings. The van der Waals surface area contributed by atoms with Gasteiger partial charge in [0.05, 0.1) is 0 Å². The molecule has 0 aromatic carbocycles. The Morgan fingerprint density at radius 3 is 2.52 bits per heavy atom. The first-order valence-corrected chi connectivity index (χ1v) is 8.25. The fourth-order valence-electron chi connectivity index (χ4n) is 2.65. The van der Waals surface area contributed by atoms with Crippen LogP contribution >= 0.6 is 0 Å². The van der Waals surface area contributed by atoms with Crippen molar-refractivity contribution in [1.82, 2.24) is 9.97 Å². The second-order valence-electron chi connectivity index (χ2n) is 5.65. The highest BCUT2D eigenvalue weighted by Gasteiger charge is 2.15. The zero-order chi connectivity index (χ0) is 14.9. The molecule has 0 unspecified atom stereocenters. The number of nitrogens with one attached hydrogen (secondary N) is 2. The van der Waals surface area contributed by atoms with Crippen molar-refractivity contribution in [3.8, 4) is 0 Å². The van der Waals surface area contributed by atoms with Gasteiger partial charge in [0, 0.05) is 25.8 Å². The third-order valence-electron chi connectivity index (χ3n) is 3.81. The highest BCUT2D eigenvalue weighted by molar-refractivity contribution is 5.47. The fraction of sp³-hybridized carbons (Fsp3) is 0.750. The maximum atomic E-state index is 5.43. The molecule has 21 heavy (non-hydrogen) atoms. The Morgan fingerprint density at radius 2 is 1.86 bits per heavy atom. The monoisotopic (exact) mass is 292 g/mol. The van der Waals surface area contributed by atoms with E-state index < -0.39 is 0 Å². The quantitative estimate of drug-likeness (QED) is 0.730. The van der Waals surface area contributed by atoms with Crippen LogP contribution in [-0.4, -0.2) is 29.7 Å². The summed E-state index contributed by atoms with van der Waals surface area (Å²) >= 11 is 0. The minimum atomic E-state index is 0.469. The molecule has 2 N–H and O–H groups in total. The lowest BCUT2D eigenvalue weighted by molar-refractivity contribution is 0.128. The molecule has 2 rings (SSSR count). The smallest absolute Gasteiger partial charge is 0.158 e. The second-order valence-corrected chi connectivity index (χ2v) is 5.65. The van der Waals surface area contributed by atoms with Gasteiger partial charge in [-0.15, -0.1) is 0 Å². The Balaban J connectivity index is 1.98. The largest absolute Gasteiger partial charge is 0.374 e. The van der Waals surface area contributed by atoms with Gasteiger partial charge >= 0.3 is 0 Å². The van der Waals surface area contributed by atoms with E-state index in [4.69, 9.17) is 4.74 Å². The van der Waals surface area contributed by atoms with Crippen LogP contribution in [0.5, 0.6) is 0 Å². The van der Waals surface area contributed by atoms with Gasteiger partial charge in [-0.2, -0.15) is 0 Å². The highest BCUT2D eigenvalue weighted by Crippen LogP contribution is 2.25. The maximum Gasteiger partial charge on any atom is 0.158 e. The predicted octanol–water partition coefficient (Wildman–Crippen LogP) is 3.44. The minimum Gasteiger partial charge on any atom is -0.374 e. The van der Waals surface area contributed by atoms with Crippen molar-refractivity contribution < 1.29 is 4.74 Å². The maximum absolute atomic E-state index is 5.43. The summed E-state index contributed by atoms with van der Waals surface area (Å²) in [6.07, 6.45) is 6.50. The van der Waals surface area contributed by atoms with Crippen molar-refractivity contribution in [2.45, 2.75) is 52.6 Å². The average molecular weight is 292 g/mol. The van der Waals surface area contributed by atoms with Crippen LogP contribution in [-0.2, 0) is 11.3 Å². The van der Waals surface area contributed by atoms with Gasteiger partial charge < -0.3 is 15.4 Å². The third-order valence-corrected chi connectivity index (χ3v) is 3.81. The Morgan fingerprint density at radius 1 is 1.14 bits per heavy atom. The highest BCUT2D eigenvalue weighted by atomic mass is 16.5. The van der Waals surface area contributed by atoms with E-state index >= 15 is 0 Å². The zero-order valence-corrected chi connectivity index (χ0v) is 13.3. The lowest BCUT2D eigenvalue weighted by atomic mass is 10.1. The summed E-state index contributed by atoms with van der Waals surface area (Å²) in [5, 5.41) is 6.81. The van der Waals surface area contributed by atoms with Gasteiger partial charge in [-0.3, -0.25) is 0 Å². The van der Waals surface area contributed by atoms with Crippen molar-refractivity contribution in [3.05, 3.63) is 11.9 Å². The van der Waals surface area contributed by atoms with Gasteiger partial charge in [0.15, 0.2) is 5.82 Å². The van der Waals surface area contributed by atoms with Gasteiger partial charge in [0.1, 0.15) is 18.2 Å². The topological polar surface area (TPSA) is 59.1 Å². The third kappa shape index (κ3) is 5.50. The second kappa shape index (κ2) is 8.82. The number of rotatable bonds is 9. The van der Waals surface area contributed by atoms with E-state index in [9.17, 15) is 0 Å². The predicted molar refractivity (Wildman–Crippen MR) is 86.6 cm³/mol. The Kier molecular flexibility index (Phi) is 6.73. The Labute approximate surface area is 127 Å². The number of hydrogen-bond donors (Lipinski definition) is 2. The molecular formula is C16H28N4O. The number of nitrogens with zero attached hydrogens (tertiary/aromatic N) is 2. The van der Waals surface area contributed by atoms with E-state index in [1.165, 1.54) is 25.7 Å². The molecule has 1 aromatic heterocycles. The van der Waals surface area contributed by atoms with Gasteiger partial charge in [0.25, 0.3) is 0 Å². The molecule has 1 aliphatic carbocycles. The summed E-state index contributed by atoms with van der Waals surface area (Å²) < 4.78 is 5.43. The standard InChI is InChI=1S/C16H28N4O/c1-3-9-17-14-10-15(18-11-13-7-5-6-8-13)20-16(19-14)12-21-4-2/h10,13H,3-9,11-12H2,1-2H3,(H2,17,18,19,20). The lowest BCUT2D eigenvalue weighted by Gasteiger charge is -2.13. The molecule has 0 bridgehead atoms. The molecule has 0 aliphatic heterocycles. The zero-order valence-electron chi connectivity index (χ0n) is 13.3. The number of hydrogen-bond acceptors (Lipinski definition) is 5. The molecule has 1 heterocycles. The minimum absolute atomic E-state index is 0.469. The Bertz CT molecular complexity index is 392. The van der Waals surface area contributed by atoms with Crippen molar-refractivity contribution in [2.75, 3.05) is 30.3 Å². The van der Waals surface area contributed by atoms with Gasteiger partial charge in [-0.25, -0.2) is 9.97 Å². The van der Waals surface area contributed by atoms with Gasteiger partial charge in [0.2, 0.25) is 0 Å². The molecule has 5 nitrogen and oxygen atoms in total. The van der Waals surface area contributed by atoms with Crippen LogP contribution in [0.1, 0.15) is 51.8 Å². The van der Waals surface area contributed by atoms with Crippen LogP contribution in [0.4, 0.5) is 11.6 Å². The molecule has 118 valence electrons. The molecule has 1 aliphatic rings. The average Bonchev–Trinajstić information content (AvgIpc) is 3.02. The van der Waals surface area contributed by atoms with Crippen molar-refractivity contribution in [1.29, 1.82) is 0 Å². The van der Waals surface area contributed by atoms with E-state index in [2.05, 4.69) is 27.5 Å². The summed E-state index contributed by atoms with van der Waals surface area (Å²) in [7, 11) is 0. The lowest BCUT2D eigenvalue weighted by Crippen LogP contribution is -2.14.